The Labute approximate surface area is 236 Å². The highest BCUT2D eigenvalue weighted by molar-refractivity contribution is 5.67. The highest BCUT2D eigenvalue weighted by atomic mass is 19.2. The van der Waals surface area contributed by atoms with Crippen molar-refractivity contribution in [3.8, 4) is 5.75 Å². The minimum Gasteiger partial charge on any atom is -0.491 e. The predicted octanol–water partition coefficient (Wildman–Crippen LogP) is 9.68. The molecule has 0 radical (unpaired) electrons. The van der Waals surface area contributed by atoms with Crippen molar-refractivity contribution in [2.45, 2.75) is 96.5 Å². The van der Waals surface area contributed by atoms with E-state index in [1.807, 2.05) is 0 Å². The van der Waals surface area contributed by atoms with Gasteiger partial charge in [0.15, 0.2) is 23.2 Å². The fourth-order valence-corrected chi connectivity index (χ4v) is 7.19. The van der Waals surface area contributed by atoms with Crippen molar-refractivity contribution in [3.63, 3.8) is 0 Å². The molecule has 1 unspecified atom stereocenters. The van der Waals surface area contributed by atoms with E-state index in [1.54, 1.807) is 32.0 Å². The third-order valence-corrected chi connectivity index (χ3v) is 9.69. The molecule has 2 aromatic rings. The minimum atomic E-state index is -0.899. The summed E-state index contributed by atoms with van der Waals surface area (Å²) in [6.45, 7) is 4.41. The summed E-state index contributed by atoms with van der Waals surface area (Å²) >= 11 is 0. The molecule has 2 aromatic carbocycles. The first-order valence-electron chi connectivity index (χ1n) is 15.2. The van der Waals surface area contributed by atoms with Gasteiger partial charge in [-0.3, -0.25) is 0 Å². The number of ether oxygens (including phenoxy) is 2. The van der Waals surface area contributed by atoms with Crippen LogP contribution in [0.2, 0.25) is 0 Å². The number of aryl methyl sites for hydroxylation is 1. The van der Waals surface area contributed by atoms with Crippen molar-refractivity contribution in [2.24, 2.45) is 17.8 Å². The summed E-state index contributed by atoms with van der Waals surface area (Å²) in [6, 6.07) is 6.62. The average Bonchev–Trinajstić information content (AvgIpc) is 2.98. The molecule has 0 amide bonds. The van der Waals surface area contributed by atoms with Crippen LogP contribution < -0.4 is 4.74 Å². The van der Waals surface area contributed by atoms with E-state index in [1.165, 1.54) is 6.07 Å². The van der Waals surface area contributed by atoms with Crippen molar-refractivity contribution in [3.05, 3.63) is 70.3 Å². The van der Waals surface area contributed by atoms with Gasteiger partial charge in [0.05, 0.1) is 12.7 Å². The van der Waals surface area contributed by atoms with Crippen LogP contribution in [0.15, 0.2) is 30.3 Å². The van der Waals surface area contributed by atoms with Gasteiger partial charge in [-0.25, -0.2) is 13.2 Å². The van der Waals surface area contributed by atoms with E-state index >= 15 is 0 Å². The number of halogens is 4. The first kappa shape index (κ1) is 29.2. The fourth-order valence-electron chi connectivity index (χ4n) is 7.19. The van der Waals surface area contributed by atoms with Gasteiger partial charge < -0.3 is 9.47 Å². The van der Waals surface area contributed by atoms with E-state index in [2.05, 4.69) is 6.08 Å². The second kappa shape index (κ2) is 13.1. The van der Waals surface area contributed by atoms with E-state index in [0.717, 1.165) is 82.8 Å². The molecular weight excluding hydrogens is 516 g/mol. The Balaban J connectivity index is 1.04. The molecule has 3 aliphatic rings. The highest BCUT2D eigenvalue weighted by Gasteiger charge is 2.31. The summed E-state index contributed by atoms with van der Waals surface area (Å²) in [6.07, 6.45) is 13.3. The molecule has 6 heteroatoms. The standard InChI is InChI=1S/C34H42F4O2/c1-3-39-30-19-18-29(33(37)34(30)38)26-11-9-23(10-12-26)24-13-15-27(16-14-24)40-20-22-5-7-25(8-6-22)28-17-4-21(2)31(35)32(28)36/h4,11,17-19,22-25,27H,3,5-10,12-16,20H2,1-2H3. The molecule has 2 nitrogen and oxygen atoms in total. The van der Waals surface area contributed by atoms with Crippen molar-refractivity contribution >= 4 is 5.57 Å². The fraction of sp³-hybridized carbons (Fsp3) is 0.588. The topological polar surface area (TPSA) is 18.5 Å². The average molecular weight is 559 g/mol. The van der Waals surface area contributed by atoms with Crippen LogP contribution in [0.1, 0.15) is 100 Å². The Morgan fingerprint density at radius 2 is 1.50 bits per heavy atom. The zero-order chi connectivity index (χ0) is 28.2. The first-order chi connectivity index (χ1) is 19.4. The molecule has 218 valence electrons. The Morgan fingerprint density at radius 3 is 2.17 bits per heavy atom. The summed E-state index contributed by atoms with van der Waals surface area (Å²) < 4.78 is 69.0. The van der Waals surface area contributed by atoms with Gasteiger partial charge in [-0.05, 0) is 137 Å². The molecule has 0 spiro atoms. The maximum atomic E-state index is 14.7. The van der Waals surface area contributed by atoms with Gasteiger partial charge >= 0.3 is 0 Å². The zero-order valence-corrected chi connectivity index (χ0v) is 23.8. The molecule has 0 bridgehead atoms. The van der Waals surface area contributed by atoms with E-state index < -0.39 is 23.3 Å². The van der Waals surface area contributed by atoms with Crippen LogP contribution in [-0.4, -0.2) is 19.3 Å². The molecule has 0 N–H and O–H groups in total. The number of hydrogen-bond acceptors (Lipinski definition) is 2. The maximum absolute atomic E-state index is 14.7. The lowest BCUT2D eigenvalue weighted by Crippen LogP contribution is -2.29. The molecule has 0 heterocycles. The molecule has 2 fully saturated rings. The SMILES string of the molecule is CCOc1ccc(C2=CCC(C3CCC(OCC4CCC(c5ccc(C)c(F)c5F)CC4)CC3)CC2)c(F)c1F. The Morgan fingerprint density at radius 1 is 0.750 bits per heavy atom. The molecule has 5 rings (SSSR count). The molecule has 0 saturated heterocycles. The first-order valence-corrected chi connectivity index (χ1v) is 15.2. The molecule has 0 aliphatic heterocycles. The smallest absolute Gasteiger partial charge is 0.201 e. The van der Waals surface area contributed by atoms with Crippen molar-refractivity contribution < 1.29 is 27.0 Å². The molecule has 0 aromatic heterocycles. The molecule has 1 atom stereocenters. The van der Waals surface area contributed by atoms with E-state index in [-0.39, 0.29) is 11.7 Å². The molecular formula is C34H42F4O2. The predicted molar refractivity (Wildman–Crippen MR) is 150 cm³/mol. The van der Waals surface area contributed by atoms with Crippen LogP contribution in [0.3, 0.4) is 0 Å². The monoisotopic (exact) mass is 558 g/mol. The Hall–Kier alpha value is -2.34. The lowest BCUT2D eigenvalue weighted by Gasteiger charge is -2.36. The Kier molecular flexibility index (Phi) is 9.55. The zero-order valence-electron chi connectivity index (χ0n) is 23.8. The largest absolute Gasteiger partial charge is 0.491 e. The summed E-state index contributed by atoms with van der Waals surface area (Å²) in [5.41, 5.74) is 2.15. The lowest BCUT2D eigenvalue weighted by molar-refractivity contribution is -0.0132. The van der Waals surface area contributed by atoms with Crippen LogP contribution in [-0.2, 0) is 4.74 Å². The minimum absolute atomic E-state index is 0.0287. The van der Waals surface area contributed by atoms with Gasteiger partial charge in [0, 0.05) is 12.2 Å². The van der Waals surface area contributed by atoms with Crippen LogP contribution in [0.5, 0.6) is 5.75 Å². The molecule has 40 heavy (non-hydrogen) atoms. The third-order valence-electron chi connectivity index (χ3n) is 9.69. The summed E-state index contributed by atoms with van der Waals surface area (Å²) in [4.78, 5) is 0. The quantitative estimate of drug-likeness (QED) is 0.300. The van der Waals surface area contributed by atoms with Crippen LogP contribution >= 0.6 is 0 Å². The normalized spacial score (nSPS) is 27.4. The maximum Gasteiger partial charge on any atom is 0.201 e. The van der Waals surface area contributed by atoms with E-state index in [9.17, 15) is 17.6 Å². The van der Waals surface area contributed by atoms with Gasteiger partial charge in [0.2, 0.25) is 5.82 Å². The number of rotatable bonds is 8. The third kappa shape index (κ3) is 6.42. The van der Waals surface area contributed by atoms with Crippen molar-refractivity contribution in [1.82, 2.24) is 0 Å². The lowest BCUT2D eigenvalue weighted by atomic mass is 9.72. The summed E-state index contributed by atoms with van der Waals surface area (Å²) in [5.74, 6) is -1.29. The number of benzene rings is 2. The second-order valence-corrected chi connectivity index (χ2v) is 12.1. The van der Waals surface area contributed by atoms with E-state index in [0.29, 0.717) is 47.2 Å². The molecule has 2 saturated carbocycles. The second-order valence-electron chi connectivity index (χ2n) is 12.1. The number of hydrogen-bond donors (Lipinski definition) is 0. The van der Waals surface area contributed by atoms with Gasteiger partial charge in [0.25, 0.3) is 0 Å². The van der Waals surface area contributed by atoms with Gasteiger partial charge in [-0.2, -0.15) is 4.39 Å². The van der Waals surface area contributed by atoms with Crippen LogP contribution in [0.25, 0.3) is 5.57 Å². The van der Waals surface area contributed by atoms with E-state index in [4.69, 9.17) is 9.47 Å². The van der Waals surface area contributed by atoms with Gasteiger partial charge in [-0.15, -0.1) is 0 Å². The van der Waals surface area contributed by atoms with Gasteiger partial charge in [0.1, 0.15) is 0 Å². The van der Waals surface area contributed by atoms with Crippen molar-refractivity contribution in [2.75, 3.05) is 13.2 Å². The van der Waals surface area contributed by atoms with Crippen LogP contribution in [0, 0.1) is 47.9 Å². The molecule has 3 aliphatic carbocycles. The van der Waals surface area contributed by atoms with Crippen LogP contribution in [0.4, 0.5) is 17.6 Å². The van der Waals surface area contributed by atoms with Gasteiger partial charge in [-0.1, -0.05) is 18.2 Å². The van der Waals surface area contributed by atoms with Crippen molar-refractivity contribution in [1.29, 1.82) is 0 Å². The Bertz CT molecular complexity index is 1190. The highest BCUT2D eigenvalue weighted by Crippen LogP contribution is 2.42. The summed E-state index contributed by atoms with van der Waals surface area (Å²) in [7, 11) is 0. The number of allylic oxidation sites excluding steroid dienone is 2. The summed E-state index contributed by atoms with van der Waals surface area (Å²) in [5, 5.41) is 0.